The topological polar surface area (TPSA) is 87.0 Å². The van der Waals surface area contributed by atoms with Gasteiger partial charge >= 0.3 is 5.97 Å². The zero-order valence-electron chi connectivity index (χ0n) is 8.83. The van der Waals surface area contributed by atoms with Gasteiger partial charge in [-0.2, -0.15) is 0 Å². The maximum absolute atomic E-state index is 11.2. The molecule has 0 aromatic heterocycles. The summed E-state index contributed by atoms with van der Waals surface area (Å²) >= 11 is 0. The number of ether oxygens (including phenoxy) is 1. The molecule has 0 saturated carbocycles. The first-order chi connectivity index (χ1) is 7.61. The number of hydrogen-bond donors (Lipinski definition) is 3. The number of esters is 1. The average Bonchev–Trinajstić information content (AvgIpc) is 2.35. The van der Waals surface area contributed by atoms with Gasteiger partial charge < -0.3 is 20.1 Å². The molecule has 0 amide bonds. The van der Waals surface area contributed by atoms with Crippen LogP contribution in [0, 0.1) is 0 Å². The summed E-state index contributed by atoms with van der Waals surface area (Å²) in [4.78, 5) is 11.2. The molecule has 2 unspecified atom stereocenters. The highest BCUT2D eigenvalue weighted by Crippen LogP contribution is 2.24. The Morgan fingerprint density at radius 3 is 2.38 bits per heavy atom. The molecule has 0 saturated heterocycles. The van der Waals surface area contributed by atoms with E-state index in [9.17, 15) is 15.0 Å². The van der Waals surface area contributed by atoms with Gasteiger partial charge in [0.05, 0.1) is 13.7 Å². The Labute approximate surface area is 92.9 Å². The van der Waals surface area contributed by atoms with Crippen LogP contribution in [-0.2, 0) is 9.53 Å². The zero-order chi connectivity index (χ0) is 12.1. The van der Waals surface area contributed by atoms with Gasteiger partial charge in [-0.3, -0.25) is 0 Å². The first-order valence-corrected chi connectivity index (χ1v) is 4.75. The Balaban J connectivity index is 3.07. The number of aliphatic hydroxyl groups excluding tert-OH is 3. The molecule has 5 heteroatoms. The normalized spacial score (nSPS) is 14.2. The third-order valence-corrected chi connectivity index (χ3v) is 2.25. The fourth-order valence-electron chi connectivity index (χ4n) is 1.40. The van der Waals surface area contributed by atoms with Gasteiger partial charge in [-0.05, 0) is 11.1 Å². The standard InChI is InChI=1S/C11H14O5/c1-16-11(15)10(14)8-5-3-2-4-7(8)9(13)6-12/h2-5,9-10,12-14H,6H2,1H3. The molecule has 16 heavy (non-hydrogen) atoms. The minimum atomic E-state index is -1.46. The van der Waals surface area contributed by atoms with E-state index in [-0.39, 0.29) is 5.56 Å². The fourth-order valence-corrected chi connectivity index (χ4v) is 1.40. The van der Waals surface area contributed by atoms with E-state index < -0.39 is 24.8 Å². The molecule has 0 radical (unpaired) electrons. The first-order valence-electron chi connectivity index (χ1n) is 4.75. The Morgan fingerprint density at radius 1 is 1.31 bits per heavy atom. The Morgan fingerprint density at radius 2 is 1.88 bits per heavy atom. The summed E-state index contributed by atoms with van der Waals surface area (Å²) in [6.45, 7) is -0.481. The monoisotopic (exact) mass is 226 g/mol. The highest BCUT2D eigenvalue weighted by Gasteiger charge is 2.23. The van der Waals surface area contributed by atoms with Gasteiger partial charge in [0.2, 0.25) is 0 Å². The van der Waals surface area contributed by atoms with Crippen molar-refractivity contribution in [1.82, 2.24) is 0 Å². The van der Waals surface area contributed by atoms with Crippen LogP contribution in [0.3, 0.4) is 0 Å². The summed E-state index contributed by atoms with van der Waals surface area (Å²) in [5.41, 5.74) is 0.541. The van der Waals surface area contributed by atoms with E-state index in [1.165, 1.54) is 12.1 Å². The maximum atomic E-state index is 11.2. The zero-order valence-corrected chi connectivity index (χ0v) is 8.83. The third kappa shape index (κ3) is 2.57. The SMILES string of the molecule is COC(=O)C(O)c1ccccc1C(O)CO. The summed E-state index contributed by atoms with van der Waals surface area (Å²) in [5.74, 6) is -0.808. The maximum Gasteiger partial charge on any atom is 0.339 e. The summed E-state index contributed by atoms with van der Waals surface area (Å²) < 4.78 is 4.40. The van der Waals surface area contributed by atoms with Crippen molar-refractivity contribution >= 4 is 5.97 Å². The third-order valence-electron chi connectivity index (χ3n) is 2.25. The number of rotatable bonds is 4. The van der Waals surface area contributed by atoms with E-state index in [1.54, 1.807) is 12.1 Å². The van der Waals surface area contributed by atoms with Crippen molar-refractivity contribution in [3.63, 3.8) is 0 Å². The predicted octanol–water partition coefficient (Wildman–Crippen LogP) is -0.0813. The van der Waals surface area contributed by atoms with Crippen molar-refractivity contribution in [2.24, 2.45) is 0 Å². The molecule has 5 nitrogen and oxygen atoms in total. The molecule has 1 aromatic carbocycles. The number of aliphatic hydroxyl groups is 3. The highest BCUT2D eigenvalue weighted by atomic mass is 16.5. The second kappa shape index (κ2) is 5.60. The Bertz CT molecular complexity index is 363. The van der Waals surface area contributed by atoms with E-state index in [0.717, 1.165) is 7.11 Å². The molecule has 0 aliphatic carbocycles. The molecule has 0 aliphatic rings. The quantitative estimate of drug-likeness (QED) is 0.625. The lowest BCUT2D eigenvalue weighted by Crippen LogP contribution is -2.17. The molecular formula is C11H14O5. The van der Waals surface area contributed by atoms with Crippen molar-refractivity contribution in [1.29, 1.82) is 0 Å². The van der Waals surface area contributed by atoms with E-state index in [4.69, 9.17) is 5.11 Å². The molecule has 3 N–H and O–H groups in total. The lowest BCUT2D eigenvalue weighted by atomic mass is 9.98. The Hall–Kier alpha value is -1.43. The molecular weight excluding hydrogens is 212 g/mol. The highest BCUT2D eigenvalue weighted by molar-refractivity contribution is 5.76. The van der Waals surface area contributed by atoms with Gasteiger partial charge in [0, 0.05) is 0 Å². The molecule has 88 valence electrons. The van der Waals surface area contributed by atoms with Crippen LogP contribution in [0.5, 0.6) is 0 Å². The molecule has 0 spiro atoms. The molecule has 0 bridgehead atoms. The summed E-state index contributed by atoms with van der Waals surface area (Å²) in [6.07, 6.45) is -2.59. The van der Waals surface area contributed by atoms with Crippen molar-refractivity contribution < 1.29 is 24.9 Å². The molecule has 0 aliphatic heterocycles. The van der Waals surface area contributed by atoms with Gasteiger partial charge in [0.25, 0.3) is 0 Å². The van der Waals surface area contributed by atoms with Gasteiger partial charge in [-0.15, -0.1) is 0 Å². The van der Waals surface area contributed by atoms with E-state index >= 15 is 0 Å². The van der Waals surface area contributed by atoms with E-state index in [1.807, 2.05) is 0 Å². The van der Waals surface area contributed by atoms with Crippen LogP contribution in [0.4, 0.5) is 0 Å². The van der Waals surface area contributed by atoms with Gasteiger partial charge in [-0.25, -0.2) is 4.79 Å². The van der Waals surface area contributed by atoms with Crippen molar-refractivity contribution in [3.05, 3.63) is 35.4 Å². The molecule has 1 aromatic rings. The minimum Gasteiger partial charge on any atom is -0.467 e. The second-order valence-corrected chi connectivity index (χ2v) is 3.25. The van der Waals surface area contributed by atoms with Crippen LogP contribution in [-0.4, -0.2) is 35.0 Å². The molecule has 0 fully saturated rings. The number of carbonyl (C=O) groups excluding carboxylic acids is 1. The van der Waals surface area contributed by atoms with Crippen LogP contribution < -0.4 is 0 Å². The van der Waals surface area contributed by atoms with Crippen LogP contribution >= 0.6 is 0 Å². The number of carbonyl (C=O) groups is 1. The fraction of sp³-hybridized carbons (Fsp3) is 0.364. The van der Waals surface area contributed by atoms with Gasteiger partial charge in [0.15, 0.2) is 6.10 Å². The predicted molar refractivity (Wildman–Crippen MR) is 55.5 cm³/mol. The first kappa shape index (κ1) is 12.6. The summed E-state index contributed by atoms with van der Waals surface area (Å²) in [5, 5.41) is 28.0. The lowest BCUT2D eigenvalue weighted by molar-refractivity contribution is -0.150. The number of hydrogen-bond acceptors (Lipinski definition) is 5. The van der Waals surface area contributed by atoms with Gasteiger partial charge in [0.1, 0.15) is 6.10 Å². The molecule has 2 atom stereocenters. The van der Waals surface area contributed by atoms with Crippen molar-refractivity contribution in [2.45, 2.75) is 12.2 Å². The van der Waals surface area contributed by atoms with E-state index in [0.29, 0.717) is 5.56 Å². The Kier molecular flexibility index (Phi) is 4.42. The van der Waals surface area contributed by atoms with Crippen LogP contribution in [0.2, 0.25) is 0 Å². The molecule has 1 rings (SSSR count). The molecule has 0 heterocycles. The number of benzene rings is 1. The van der Waals surface area contributed by atoms with E-state index in [2.05, 4.69) is 4.74 Å². The second-order valence-electron chi connectivity index (χ2n) is 3.25. The minimum absolute atomic E-state index is 0.232. The average molecular weight is 226 g/mol. The lowest BCUT2D eigenvalue weighted by Gasteiger charge is -2.16. The van der Waals surface area contributed by atoms with Crippen molar-refractivity contribution in [3.8, 4) is 0 Å². The van der Waals surface area contributed by atoms with Gasteiger partial charge in [-0.1, -0.05) is 24.3 Å². The largest absolute Gasteiger partial charge is 0.467 e. The smallest absolute Gasteiger partial charge is 0.339 e. The number of methoxy groups -OCH3 is 1. The van der Waals surface area contributed by atoms with Crippen LogP contribution in [0.15, 0.2) is 24.3 Å². The van der Waals surface area contributed by atoms with Crippen molar-refractivity contribution in [2.75, 3.05) is 13.7 Å². The summed E-state index contributed by atoms with van der Waals surface area (Å²) in [7, 11) is 1.16. The van der Waals surface area contributed by atoms with Crippen LogP contribution in [0.1, 0.15) is 23.3 Å². The summed E-state index contributed by atoms with van der Waals surface area (Å²) in [6, 6.07) is 6.29. The van der Waals surface area contributed by atoms with Crippen LogP contribution in [0.25, 0.3) is 0 Å².